The van der Waals surface area contributed by atoms with Crippen molar-refractivity contribution in [2.75, 3.05) is 6.61 Å². The van der Waals surface area contributed by atoms with E-state index in [1.54, 1.807) is 0 Å². The zero-order chi connectivity index (χ0) is 11.2. The third-order valence-corrected chi connectivity index (χ3v) is 3.40. The molecule has 0 amide bonds. The van der Waals surface area contributed by atoms with E-state index in [2.05, 4.69) is 48.6 Å². The summed E-state index contributed by atoms with van der Waals surface area (Å²) >= 11 is 0. The van der Waals surface area contributed by atoms with Crippen molar-refractivity contribution in [2.24, 2.45) is 17.8 Å². The fourth-order valence-corrected chi connectivity index (χ4v) is 2.55. The molecule has 0 fully saturated rings. The zero-order valence-corrected chi connectivity index (χ0v) is 9.63. The van der Waals surface area contributed by atoms with Crippen LogP contribution in [0.3, 0.4) is 0 Å². The van der Waals surface area contributed by atoms with Gasteiger partial charge in [0.2, 0.25) is 0 Å². The highest BCUT2D eigenvalue weighted by atomic mass is 16.3. The Hall–Kier alpha value is -1.08. The maximum Gasteiger partial charge on any atom is 0.0433 e. The van der Waals surface area contributed by atoms with Crippen LogP contribution in [0.15, 0.2) is 48.6 Å². The number of aliphatic hydroxyl groups is 1. The highest BCUT2D eigenvalue weighted by Crippen LogP contribution is 2.28. The molecule has 0 aromatic carbocycles. The first-order valence-electron chi connectivity index (χ1n) is 6.19. The van der Waals surface area contributed by atoms with Crippen LogP contribution in [0, 0.1) is 17.8 Å². The molecule has 0 bridgehead atoms. The fraction of sp³-hybridized carbons (Fsp3) is 0.467. The first-order chi connectivity index (χ1) is 7.88. The number of rotatable bonds is 6. The molecule has 0 spiro atoms. The van der Waals surface area contributed by atoms with Gasteiger partial charge in [0.15, 0.2) is 0 Å². The average Bonchev–Trinajstić information content (AvgIpc) is 2.91. The van der Waals surface area contributed by atoms with Gasteiger partial charge >= 0.3 is 0 Å². The van der Waals surface area contributed by atoms with E-state index in [-0.39, 0.29) is 0 Å². The molecule has 1 nitrogen and oxygen atoms in total. The predicted molar refractivity (Wildman–Crippen MR) is 68.0 cm³/mol. The maximum absolute atomic E-state index is 9.11. The van der Waals surface area contributed by atoms with Crippen molar-refractivity contribution in [3.05, 3.63) is 48.6 Å². The third-order valence-electron chi connectivity index (χ3n) is 3.40. The van der Waals surface area contributed by atoms with Crippen LogP contribution in [0.25, 0.3) is 0 Å². The van der Waals surface area contributed by atoms with Crippen LogP contribution in [0.2, 0.25) is 0 Å². The third kappa shape index (κ3) is 3.21. The topological polar surface area (TPSA) is 20.2 Å². The van der Waals surface area contributed by atoms with Gasteiger partial charge < -0.3 is 5.11 Å². The second-order valence-electron chi connectivity index (χ2n) is 4.72. The SMILES string of the molecule is OCCC(CC1C=CC=C1)CC1C=CC=C1. The van der Waals surface area contributed by atoms with Gasteiger partial charge in [-0.2, -0.15) is 0 Å². The smallest absolute Gasteiger partial charge is 0.0433 e. The second-order valence-corrected chi connectivity index (χ2v) is 4.72. The van der Waals surface area contributed by atoms with Gasteiger partial charge in [0.05, 0.1) is 0 Å². The summed E-state index contributed by atoms with van der Waals surface area (Å²) in [4.78, 5) is 0. The minimum Gasteiger partial charge on any atom is -0.396 e. The predicted octanol–water partition coefficient (Wildman–Crippen LogP) is 3.25. The van der Waals surface area contributed by atoms with E-state index in [0.717, 1.165) is 6.42 Å². The fourth-order valence-electron chi connectivity index (χ4n) is 2.55. The van der Waals surface area contributed by atoms with Crippen LogP contribution in [0.4, 0.5) is 0 Å². The highest BCUT2D eigenvalue weighted by molar-refractivity contribution is 5.19. The molecule has 16 heavy (non-hydrogen) atoms. The summed E-state index contributed by atoms with van der Waals surface area (Å²) in [5, 5.41) is 9.11. The molecule has 0 saturated carbocycles. The Morgan fingerprint density at radius 1 is 0.812 bits per heavy atom. The molecule has 0 aromatic rings. The van der Waals surface area contributed by atoms with Crippen molar-refractivity contribution < 1.29 is 5.11 Å². The number of allylic oxidation sites excluding steroid dienone is 8. The van der Waals surface area contributed by atoms with Crippen molar-refractivity contribution >= 4 is 0 Å². The summed E-state index contributed by atoms with van der Waals surface area (Å²) < 4.78 is 0. The molecule has 0 aromatic heterocycles. The molecular formula is C15H20O. The molecule has 0 aliphatic heterocycles. The number of aliphatic hydroxyl groups excluding tert-OH is 1. The first-order valence-corrected chi connectivity index (χ1v) is 6.19. The maximum atomic E-state index is 9.11. The molecule has 0 heterocycles. The van der Waals surface area contributed by atoms with Crippen molar-refractivity contribution in [2.45, 2.75) is 19.3 Å². The van der Waals surface area contributed by atoms with Gasteiger partial charge in [-0.05, 0) is 37.0 Å². The molecule has 0 unspecified atom stereocenters. The van der Waals surface area contributed by atoms with Crippen molar-refractivity contribution in [3.8, 4) is 0 Å². The summed E-state index contributed by atoms with van der Waals surface area (Å²) in [7, 11) is 0. The van der Waals surface area contributed by atoms with Gasteiger partial charge in [-0.3, -0.25) is 0 Å². The standard InChI is InChI=1S/C15H20O/c16-10-9-15(11-13-5-1-2-6-13)12-14-7-3-4-8-14/h1-8,13-16H,9-12H2. The van der Waals surface area contributed by atoms with E-state index in [9.17, 15) is 0 Å². The van der Waals surface area contributed by atoms with Gasteiger partial charge in [-0.15, -0.1) is 0 Å². The second kappa shape index (κ2) is 5.86. The molecule has 1 N–H and O–H groups in total. The van der Waals surface area contributed by atoms with E-state index >= 15 is 0 Å². The van der Waals surface area contributed by atoms with Gasteiger partial charge in [-0.1, -0.05) is 48.6 Å². The van der Waals surface area contributed by atoms with E-state index < -0.39 is 0 Å². The number of hydrogen-bond acceptors (Lipinski definition) is 1. The van der Waals surface area contributed by atoms with Crippen molar-refractivity contribution in [1.29, 1.82) is 0 Å². The number of hydrogen-bond donors (Lipinski definition) is 1. The van der Waals surface area contributed by atoms with Crippen LogP contribution in [-0.4, -0.2) is 11.7 Å². The van der Waals surface area contributed by atoms with Crippen molar-refractivity contribution in [1.82, 2.24) is 0 Å². The Morgan fingerprint density at radius 3 is 1.62 bits per heavy atom. The Balaban J connectivity index is 1.83. The summed E-state index contributed by atoms with van der Waals surface area (Å²) in [6.07, 6.45) is 20.8. The van der Waals surface area contributed by atoms with E-state index in [1.807, 2.05) is 0 Å². The summed E-state index contributed by atoms with van der Waals surface area (Å²) in [5.41, 5.74) is 0. The monoisotopic (exact) mass is 216 g/mol. The van der Waals surface area contributed by atoms with Gasteiger partial charge in [-0.25, -0.2) is 0 Å². The average molecular weight is 216 g/mol. The lowest BCUT2D eigenvalue weighted by atomic mass is 9.86. The Bertz CT molecular complexity index is 268. The van der Waals surface area contributed by atoms with Crippen LogP contribution in [-0.2, 0) is 0 Å². The van der Waals surface area contributed by atoms with Crippen LogP contribution in [0.5, 0.6) is 0 Å². The van der Waals surface area contributed by atoms with Gasteiger partial charge in [0, 0.05) is 6.61 Å². The van der Waals surface area contributed by atoms with Gasteiger partial charge in [0.1, 0.15) is 0 Å². The van der Waals surface area contributed by atoms with Gasteiger partial charge in [0.25, 0.3) is 0 Å². The van der Waals surface area contributed by atoms with E-state index in [1.165, 1.54) is 12.8 Å². The molecule has 86 valence electrons. The summed E-state index contributed by atoms with van der Waals surface area (Å²) in [6.45, 7) is 0.310. The quantitative estimate of drug-likeness (QED) is 0.722. The minimum atomic E-state index is 0.310. The van der Waals surface area contributed by atoms with E-state index in [4.69, 9.17) is 5.11 Å². The van der Waals surface area contributed by atoms with Crippen molar-refractivity contribution in [3.63, 3.8) is 0 Å². The highest BCUT2D eigenvalue weighted by Gasteiger charge is 2.17. The molecule has 0 saturated heterocycles. The molecular weight excluding hydrogens is 196 g/mol. The molecule has 0 atom stereocenters. The van der Waals surface area contributed by atoms with Crippen LogP contribution in [0.1, 0.15) is 19.3 Å². The summed E-state index contributed by atoms with van der Waals surface area (Å²) in [6, 6.07) is 0. The molecule has 0 radical (unpaired) electrons. The Labute approximate surface area is 97.9 Å². The van der Waals surface area contributed by atoms with Crippen LogP contribution >= 0.6 is 0 Å². The molecule has 2 rings (SSSR count). The van der Waals surface area contributed by atoms with Crippen LogP contribution < -0.4 is 0 Å². The largest absolute Gasteiger partial charge is 0.396 e. The lowest BCUT2D eigenvalue weighted by molar-refractivity contribution is 0.238. The lowest BCUT2D eigenvalue weighted by Crippen LogP contribution is -2.10. The minimum absolute atomic E-state index is 0.310. The Kier molecular flexibility index (Phi) is 4.17. The Morgan fingerprint density at radius 2 is 1.25 bits per heavy atom. The molecule has 2 aliphatic rings. The summed E-state index contributed by atoms with van der Waals surface area (Å²) in [5.74, 6) is 1.80. The lowest BCUT2D eigenvalue weighted by Gasteiger charge is -2.20. The molecule has 2 aliphatic carbocycles. The zero-order valence-electron chi connectivity index (χ0n) is 9.63. The first kappa shape index (κ1) is 11.4. The normalized spacial score (nSPS) is 19.6. The van der Waals surface area contributed by atoms with E-state index in [0.29, 0.717) is 24.4 Å². The molecule has 1 heteroatoms.